The molecule has 0 aromatic carbocycles. The molecule has 0 rings (SSSR count). The molecule has 4 nitrogen and oxygen atoms in total. The molecule has 0 heterocycles. The molecule has 0 aromatic rings. The quantitative estimate of drug-likeness (QED) is 0.546. The third-order valence-electron chi connectivity index (χ3n) is 0.673. The summed E-state index contributed by atoms with van der Waals surface area (Å²) in [5.41, 5.74) is 4.58. The second-order valence-electron chi connectivity index (χ2n) is 1.40. The van der Waals surface area contributed by atoms with Crippen molar-refractivity contribution in [1.82, 2.24) is 0 Å². The van der Waals surface area contributed by atoms with Gasteiger partial charge in [0.05, 0.1) is 0 Å². The van der Waals surface area contributed by atoms with E-state index in [1.54, 1.807) is 6.92 Å². The van der Waals surface area contributed by atoms with Gasteiger partial charge in [-0.3, -0.25) is 0 Å². The number of carbonyl (C=O) groups excluding carboxylic acids is 1. The zero-order valence-corrected chi connectivity index (χ0v) is 5.13. The molecule has 4 heteroatoms. The first-order chi connectivity index (χ1) is 4.16. The highest BCUT2D eigenvalue weighted by Crippen LogP contribution is 1.93. The van der Waals surface area contributed by atoms with Crippen molar-refractivity contribution in [3.63, 3.8) is 0 Å². The fraction of sp³-hybridized carbons (Fsp3) is 0.400. The van der Waals surface area contributed by atoms with E-state index in [2.05, 4.69) is 10.5 Å². The van der Waals surface area contributed by atoms with Crippen LogP contribution >= 0.6 is 0 Å². The summed E-state index contributed by atoms with van der Waals surface area (Å²) in [5, 5.41) is 8.64. The smallest absolute Gasteiger partial charge is 0.409 e. The summed E-state index contributed by atoms with van der Waals surface area (Å²) < 4.78 is 4.12. The lowest BCUT2D eigenvalue weighted by Crippen LogP contribution is -2.09. The lowest BCUT2D eigenvalue weighted by molar-refractivity contribution is 0.191. The van der Waals surface area contributed by atoms with Crippen molar-refractivity contribution in [3.8, 4) is 0 Å². The van der Waals surface area contributed by atoms with Gasteiger partial charge >= 0.3 is 6.09 Å². The summed E-state index contributed by atoms with van der Waals surface area (Å²) in [6.07, 6.45) is 0.422. The minimum absolute atomic E-state index is 0.00574. The Kier molecular flexibility index (Phi) is 3.27. The minimum atomic E-state index is -0.921. The van der Waals surface area contributed by atoms with E-state index in [-0.39, 0.29) is 5.76 Å². The van der Waals surface area contributed by atoms with Gasteiger partial charge < -0.3 is 15.6 Å². The number of aliphatic hydroxyl groups excluding tert-OH is 1. The monoisotopic (exact) mass is 131 g/mol. The third kappa shape index (κ3) is 4.67. The van der Waals surface area contributed by atoms with Crippen molar-refractivity contribution in [2.24, 2.45) is 5.73 Å². The van der Waals surface area contributed by atoms with E-state index in [0.717, 1.165) is 6.26 Å². The number of aliphatic hydroxyl groups is 1. The molecular formula is C5H9NO3. The molecule has 0 aliphatic carbocycles. The highest BCUT2D eigenvalue weighted by Gasteiger charge is 1.90. The number of hydrogen-bond donors (Lipinski definition) is 2. The van der Waals surface area contributed by atoms with Crippen LogP contribution in [0.25, 0.3) is 0 Å². The molecule has 0 saturated heterocycles. The normalized spacial score (nSPS) is 11.0. The molecule has 0 aliphatic heterocycles. The summed E-state index contributed by atoms with van der Waals surface area (Å²) >= 11 is 0. The zero-order chi connectivity index (χ0) is 7.28. The molecule has 0 fully saturated rings. The number of allylic oxidation sites excluding steroid dienone is 1. The van der Waals surface area contributed by atoms with Gasteiger partial charge in [0.15, 0.2) is 0 Å². The van der Waals surface area contributed by atoms with Crippen LogP contribution in [0, 0.1) is 0 Å². The average molecular weight is 131 g/mol. The molecule has 0 unspecified atom stereocenters. The second-order valence-corrected chi connectivity index (χ2v) is 1.40. The molecule has 9 heavy (non-hydrogen) atoms. The topological polar surface area (TPSA) is 72.6 Å². The van der Waals surface area contributed by atoms with Crippen LogP contribution < -0.4 is 5.73 Å². The van der Waals surface area contributed by atoms with Crippen molar-refractivity contribution in [3.05, 3.63) is 12.0 Å². The molecule has 0 atom stereocenters. The number of primary amides is 1. The first-order valence-corrected chi connectivity index (χ1v) is 2.51. The van der Waals surface area contributed by atoms with Gasteiger partial charge in [-0.2, -0.15) is 0 Å². The van der Waals surface area contributed by atoms with Crippen molar-refractivity contribution in [2.45, 2.75) is 13.3 Å². The van der Waals surface area contributed by atoms with E-state index in [1.807, 2.05) is 0 Å². The SMILES string of the molecule is CCC(O)=COC(N)=O. The van der Waals surface area contributed by atoms with Crippen molar-refractivity contribution in [1.29, 1.82) is 0 Å². The summed E-state index contributed by atoms with van der Waals surface area (Å²) in [4.78, 5) is 9.86. The van der Waals surface area contributed by atoms with E-state index >= 15 is 0 Å². The second kappa shape index (κ2) is 3.77. The average Bonchev–Trinajstić information content (AvgIpc) is 1.83. The first-order valence-electron chi connectivity index (χ1n) is 2.51. The molecule has 3 N–H and O–H groups in total. The van der Waals surface area contributed by atoms with Crippen LogP contribution in [0.1, 0.15) is 13.3 Å². The van der Waals surface area contributed by atoms with Crippen molar-refractivity contribution >= 4 is 6.09 Å². The zero-order valence-electron chi connectivity index (χ0n) is 5.13. The van der Waals surface area contributed by atoms with Gasteiger partial charge in [-0.1, -0.05) is 6.92 Å². The summed E-state index contributed by atoms with van der Waals surface area (Å²) in [5.74, 6) is -0.00574. The molecule has 0 aliphatic rings. The molecule has 0 saturated carbocycles. The van der Waals surface area contributed by atoms with Crippen molar-refractivity contribution < 1.29 is 14.6 Å². The van der Waals surface area contributed by atoms with Crippen LogP contribution in [0.2, 0.25) is 0 Å². The maximum atomic E-state index is 9.86. The van der Waals surface area contributed by atoms with E-state index in [1.165, 1.54) is 0 Å². The predicted molar refractivity (Wildman–Crippen MR) is 31.7 cm³/mol. The lowest BCUT2D eigenvalue weighted by atomic mass is 10.4. The Morgan fingerprint density at radius 1 is 1.89 bits per heavy atom. The molecule has 0 spiro atoms. The van der Waals surface area contributed by atoms with Gasteiger partial charge in [0.1, 0.15) is 12.0 Å². The summed E-state index contributed by atoms with van der Waals surface area (Å²) in [7, 11) is 0. The van der Waals surface area contributed by atoms with Crippen molar-refractivity contribution in [2.75, 3.05) is 0 Å². The number of rotatable bonds is 2. The predicted octanol–water partition coefficient (Wildman–Crippen LogP) is 0.891. The fourth-order valence-corrected chi connectivity index (χ4v) is 0.209. The molecule has 52 valence electrons. The van der Waals surface area contributed by atoms with E-state index in [4.69, 9.17) is 5.11 Å². The van der Waals surface area contributed by atoms with E-state index in [9.17, 15) is 4.79 Å². The molecular weight excluding hydrogens is 122 g/mol. The van der Waals surface area contributed by atoms with Crippen LogP contribution in [0.5, 0.6) is 0 Å². The van der Waals surface area contributed by atoms with E-state index in [0.29, 0.717) is 6.42 Å². The summed E-state index contributed by atoms with van der Waals surface area (Å²) in [6.45, 7) is 1.72. The van der Waals surface area contributed by atoms with Crippen LogP contribution in [0.4, 0.5) is 4.79 Å². The Bertz CT molecular complexity index is 130. The number of nitrogens with two attached hydrogens (primary N) is 1. The van der Waals surface area contributed by atoms with Crippen LogP contribution in [-0.2, 0) is 4.74 Å². The third-order valence-corrected chi connectivity index (χ3v) is 0.673. The summed E-state index contributed by atoms with van der Waals surface area (Å²) in [6, 6.07) is 0. The standard InChI is InChI=1S/C5H9NO3/c1-2-4(7)3-9-5(6)8/h3,7H,2H2,1H3,(H2,6,8). The fourth-order valence-electron chi connectivity index (χ4n) is 0.209. The van der Waals surface area contributed by atoms with Crippen LogP contribution in [-0.4, -0.2) is 11.2 Å². The Morgan fingerprint density at radius 3 is 2.78 bits per heavy atom. The molecule has 0 aromatic heterocycles. The van der Waals surface area contributed by atoms with E-state index < -0.39 is 6.09 Å². The molecule has 0 radical (unpaired) electrons. The molecule has 1 amide bonds. The number of carbonyl (C=O) groups is 1. The Labute approximate surface area is 52.9 Å². The van der Waals surface area contributed by atoms with Gasteiger partial charge in [0.25, 0.3) is 0 Å². The van der Waals surface area contributed by atoms with Gasteiger partial charge in [0, 0.05) is 6.42 Å². The minimum Gasteiger partial charge on any atom is -0.509 e. The van der Waals surface area contributed by atoms with Crippen LogP contribution in [0.15, 0.2) is 12.0 Å². The maximum Gasteiger partial charge on any atom is 0.409 e. The van der Waals surface area contributed by atoms with Gasteiger partial charge in [-0.15, -0.1) is 0 Å². The first kappa shape index (κ1) is 7.81. The highest BCUT2D eigenvalue weighted by atomic mass is 16.5. The number of hydrogen-bond acceptors (Lipinski definition) is 3. The van der Waals surface area contributed by atoms with Gasteiger partial charge in [-0.25, -0.2) is 4.79 Å². The lowest BCUT2D eigenvalue weighted by Gasteiger charge is -1.92. The molecule has 0 bridgehead atoms. The Balaban J connectivity index is 3.56. The maximum absolute atomic E-state index is 9.86. The Hall–Kier alpha value is -1.19. The Morgan fingerprint density at radius 2 is 2.44 bits per heavy atom. The largest absolute Gasteiger partial charge is 0.509 e. The van der Waals surface area contributed by atoms with Crippen LogP contribution in [0.3, 0.4) is 0 Å². The number of ether oxygens (including phenoxy) is 1. The highest BCUT2D eigenvalue weighted by molar-refractivity contribution is 5.65. The van der Waals surface area contributed by atoms with Gasteiger partial charge in [0.2, 0.25) is 0 Å². The van der Waals surface area contributed by atoms with Gasteiger partial charge in [-0.05, 0) is 0 Å². The number of amides is 1.